The lowest BCUT2D eigenvalue weighted by atomic mass is 9.93. The number of hydrogen-bond donors (Lipinski definition) is 0. The quantitative estimate of drug-likeness (QED) is 0.856. The van der Waals surface area contributed by atoms with Crippen LogP contribution in [0.2, 0.25) is 0 Å². The minimum atomic E-state index is -0.217. The van der Waals surface area contributed by atoms with Crippen LogP contribution in [-0.4, -0.2) is 43.3 Å². The summed E-state index contributed by atoms with van der Waals surface area (Å²) >= 11 is 0. The van der Waals surface area contributed by atoms with E-state index in [9.17, 15) is 9.18 Å². The van der Waals surface area contributed by atoms with Gasteiger partial charge in [0.05, 0.1) is 25.2 Å². The molecule has 126 valence electrons. The standard InChI is InChI=1S/C18H24FNO3/c1-13-18-14(3-2-4-16(18)19)5-9-20(13)17(21)8-12-23-15-6-10-22-11-7-15/h2-4,13,15H,5-12H2,1H3. The highest BCUT2D eigenvalue weighted by atomic mass is 19.1. The van der Waals surface area contributed by atoms with Crippen molar-refractivity contribution in [1.29, 1.82) is 0 Å². The van der Waals surface area contributed by atoms with Crippen LogP contribution >= 0.6 is 0 Å². The largest absolute Gasteiger partial charge is 0.381 e. The van der Waals surface area contributed by atoms with Crippen molar-refractivity contribution >= 4 is 5.91 Å². The van der Waals surface area contributed by atoms with E-state index < -0.39 is 0 Å². The molecule has 1 fully saturated rings. The molecule has 0 N–H and O–H groups in total. The van der Waals surface area contributed by atoms with Crippen LogP contribution in [0.3, 0.4) is 0 Å². The molecule has 1 amide bonds. The second kappa shape index (κ2) is 7.41. The van der Waals surface area contributed by atoms with Crippen LogP contribution in [0.1, 0.15) is 43.4 Å². The molecule has 0 spiro atoms. The topological polar surface area (TPSA) is 38.8 Å². The van der Waals surface area contributed by atoms with Gasteiger partial charge < -0.3 is 14.4 Å². The molecule has 2 aliphatic heterocycles. The Bertz CT molecular complexity index is 557. The van der Waals surface area contributed by atoms with Gasteiger partial charge in [0.25, 0.3) is 0 Å². The fraction of sp³-hybridized carbons (Fsp3) is 0.611. The van der Waals surface area contributed by atoms with E-state index in [1.165, 1.54) is 6.07 Å². The van der Waals surface area contributed by atoms with Crippen LogP contribution in [0.5, 0.6) is 0 Å². The molecule has 2 aliphatic rings. The summed E-state index contributed by atoms with van der Waals surface area (Å²) in [7, 11) is 0. The Balaban J connectivity index is 1.55. The molecular formula is C18H24FNO3. The van der Waals surface area contributed by atoms with E-state index in [0.717, 1.165) is 31.6 Å². The van der Waals surface area contributed by atoms with Gasteiger partial charge in [0.1, 0.15) is 5.82 Å². The van der Waals surface area contributed by atoms with Gasteiger partial charge >= 0.3 is 0 Å². The third-order valence-electron chi connectivity index (χ3n) is 4.81. The van der Waals surface area contributed by atoms with Crippen molar-refractivity contribution in [2.75, 3.05) is 26.4 Å². The van der Waals surface area contributed by atoms with Crippen molar-refractivity contribution in [3.8, 4) is 0 Å². The zero-order valence-corrected chi connectivity index (χ0v) is 13.6. The lowest BCUT2D eigenvalue weighted by Gasteiger charge is -2.35. The number of carbonyl (C=O) groups is 1. The molecule has 5 heteroatoms. The molecule has 0 aromatic heterocycles. The van der Waals surface area contributed by atoms with Gasteiger partial charge in [0.15, 0.2) is 0 Å². The molecule has 1 atom stereocenters. The molecule has 0 aliphatic carbocycles. The summed E-state index contributed by atoms with van der Waals surface area (Å²) in [5, 5.41) is 0. The van der Waals surface area contributed by atoms with E-state index in [-0.39, 0.29) is 23.9 Å². The summed E-state index contributed by atoms with van der Waals surface area (Å²) in [6.07, 6.45) is 3.06. The second-order valence-corrected chi connectivity index (χ2v) is 6.26. The van der Waals surface area contributed by atoms with Gasteiger partial charge in [-0.2, -0.15) is 0 Å². The van der Waals surface area contributed by atoms with Crippen LogP contribution < -0.4 is 0 Å². The number of nitrogens with zero attached hydrogens (tertiary/aromatic N) is 1. The predicted octanol–water partition coefficient (Wildman–Crippen LogP) is 2.86. The van der Waals surface area contributed by atoms with Crippen LogP contribution in [0, 0.1) is 5.82 Å². The number of fused-ring (bicyclic) bond motifs is 1. The lowest BCUT2D eigenvalue weighted by molar-refractivity contribution is -0.135. The summed E-state index contributed by atoms with van der Waals surface area (Å²) in [5.41, 5.74) is 1.68. The van der Waals surface area contributed by atoms with Gasteiger partial charge in [0.2, 0.25) is 5.91 Å². The number of halogens is 1. The molecule has 3 rings (SSSR count). The zero-order valence-electron chi connectivity index (χ0n) is 13.6. The van der Waals surface area contributed by atoms with Crippen molar-refractivity contribution in [2.24, 2.45) is 0 Å². The average molecular weight is 321 g/mol. The average Bonchev–Trinajstić information content (AvgIpc) is 2.56. The van der Waals surface area contributed by atoms with Crippen molar-refractivity contribution in [2.45, 2.75) is 44.8 Å². The number of amides is 1. The number of ether oxygens (including phenoxy) is 2. The van der Waals surface area contributed by atoms with E-state index >= 15 is 0 Å². The van der Waals surface area contributed by atoms with Gasteiger partial charge in [-0.05, 0) is 37.8 Å². The van der Waals surface area contributed by atoms with E-state index in [4.69, 9.17) is 9.47 Å². The van der Waals surface area contributed by atoms with Crippen LogP contribution in [0.4, 0.5) is 4.39 Å². The fourth-order valence-corrected chi connectivity index (χ4v) is 3.50. The first-order valence-corrected chi connectivity index (χ1v) is 8.43. The van der Waals surface area contributed by atoms with E-state index in [1.54, 1.807) is 11.0 Å². The van der Waals surface area contributed by atoms with Gasteiger partial charge in [-0.3, -0.25) is 4.79 Å². The summed E-state index contributed by atoms with van der Waals surface area (Å²) in [4.78, 5) is 14.2. The normalized spacial score (nSPS) is 22.0. The van der Waals surface area contributed by atoms with Gasteiger partial charge in [-0.1, -0.05) is 12.1 Å². The van der Waals surface area contributed by atoms with Crippen molar-refractivity contribution in [1.82, 2.24) is 4.90 Å². The highest BCUT2D eigenvalue weighted by Gasteiger charge is 2.29. The summed E-state index contributed by atoms with van der Waals surface area (Å²) in [6, 6.07) is 4.94. The maximum atomic E-state index is 14.1. The molecule has 1 aromatic carbocycles. The second-order valence-electron chi connectivity index (χ2n) is 6.26. The van der Waals surface area contributed by atoms with Crippen molar-refractivity contribution in [3.63, 3.8) is 0 Å². The first-order valence-electron chi connectivity index (χ1n) is 8.43. The first-order chi connectivity index (χ1) is 11.2. The van der Waals surface area contributed by atoms with Crippen molar-refractivity contribution in [3.05, 3.63) is 35.1 Å². The number of hydrogen-bond acceptors (Lipinski definition) is 3. The highest BCUT2D eigenvalue weighted by molar-refractivity contribution is 5.77. The smallest absolute Gasteiger partial charge is 0.225 e. The maximum Gasteiger partial charge on any atom is 0.225 e. The number of rotatable bonds is 4. The Kier molecular flexibility index (Phi) is 5.28. The van der Waals surface area contributed by atoms with Crippen LogP contribution in [0.25, 0.3) is 0 Å². The Morgan fingerprint density at radius 2 is 2.17 bits per heavy atom. The van der Waals surface area contributed by atoms with Gasteiger partial charge in [0, 0.05) is 25.3 Å². The molecule has 2 heterocycles. The molecule has 1 unspecified atom stereocenters. The molecule has 1 saturated heterocycles. The maximum absolute atomic E-state index is 14.1. The Labute approximate surface area is 136 Å². The Hall–Kier alpha value is -1.46. The minimum Gasteiger partial charge on any atom is -0.381 e. The molecule has 23 heavy (non-hydrogen) atoms. The highest BCUT2D eigenvalue weighted by Crippen LogP contribution is 2.31. The Morgan fingerprint density at radius 1 is 1.39 bits per heavy atom. The molecule has 0 radical (unpaired) electrons. The van der Waals surface area contributed by atoms with E-state index in [0.29, 0.717) is 31.6 Å². The van der Waals surface area contributed by atoms with Gasteiger partial charge in [-0.25, -0.2) is 4.39 Å². The third kappa shape index (κ3) is 3.72. The molecule has 0 bridgehead atoms. The summed E-state index contributed by atoms with van der Waals surface area (Å²) in [5.74, 6) is -0.176. The lowest BCUT2D eigenvalue weighted by Crippen LogP contribution is -2.40. The molecule has 4 nitrogen and oxygen atoms in total. The fourth-order valence-electron chi connectivity index (χ4n) is 3.50. The number of benzene rings is 1. The monoisotopic (exact) mass is 321 g/mol. The summed E-state index contributed by atoms with van der Waals surface area (Å²) < 4.78 is 25.1. The molecule has 0 saturated carbocycles. The van der Waals surface area contributed by atoms with Crippen molar-refractivity contribution < 1.29 is 18.7 Å². The molecule has 1 aromatic rings. The Morgan fingerprint density at radius 3 is 2.96 bits per heavy atom. The SMILES string of the molecule is CC1c2c(F)cccc2CCN1C(=O)CCOC1CCOCC1. The predicted molar refractivity (Wildman–Crippen MR) is 84.6 cm³/mol. The third-order valence-corrected chi connectivity index (χ3v) is 4.81. The van der Waals surface area contributed by atoms with Gasteiger partial charge in [-0.15, -0.1) is 0 Å². The van der Waals surface area contributed by atoms with E-state index in [2.05, 4.69) is 0 Å². The first kappa shape index (κ1) is 16.4. The van der Waals surface area contributed by atoms with Crippen LogP contribution in [0.15, 0.2) is 18.2 Å². The zero-order chi connectivity index (χ0) is 16.2. The molecular weight excluding hydrogens is 297 g/mol. The summed E-state index contributed by atoms with van der Waals surface area (Å²) in [6.45, 7) is 4.44. The number of carbonyl (C=O) groups excluding carboxylic acids is 1. The van der Waals surface area contributed by atoms with E-state index in [1.807, 2.05) is 13.0 Å². The van der Waals surface area contributed by atoms with Crippen LogP contribution in [-0.2, 0) is 20.7 Å². The minimum absolute atomic E-state index is 0.0402.